The predicted octanol–water partition coefficient (Wildman–Crippen LogP) is 3.09. The van der Waals surface area contributed by atoms with Gasteiger partial charge in [0.15, 0.2) is 0 Å². The molecule has 3 heterocycles. The summed E-state index contributed by atoms with van der Waals surface area (Å²) < 4.78 is 5.65. The maximum absolute atomic E-state index is 13.1. The largest absolute Gasteiger partial charge is 0.493 e. The van der Waals surface area contributed by atoms with E-state index < -0.39 is 0 Å². The van der Waals surface area contributed by atoms with E-state index >= 15 is 0 Å². The van der Waals surface area contributed by atoms with Gasteiger partial charge in [-0.1, -0.05) is 29.8 Å². The Kier molecular flexibility index (Phi) is 7.47. The van der Waals surface area contributed by atoms with E-state index in [1.807, 2.05) is 52.3 Å². The van der Waals surface area contributed by atoms with Gasteiger partial charge in [-0.2, -0.15) is 0 Å². The molecular weight excluding hydrogens is 428 g/mol. The van der Waals surface area contributed by atoms with E-state index in [0.29, 0.717) is 57.3 Å². The highest BCUT2D eigenvalue weighted by Crippen LogP contribution is 2.25. The topological polar surface area (TPSA) is 66.0 Å². The fraction of sp³-hybridized carbons (Fsp3) is 0.458. The molecule has 0 N–H and O–H groups in total. The third-order valence-electron chi connectivity index (χ3n) is 6.08. The van der Waals surface area contributed by atoms with Crippen LogP contribution in [0.3, 0.4) is 0 Å². The number of halogens is 1. The second-order valence-electron chi connectivity index (χ2n) is 8.21. The summed E-state index contributed by atoms with van der Waals surface area (Å²) >= 11 is 6.26. The summed E-state index contributed by atoms with van der Waals surface area (Å²) in [5.74, 6) is 1.60. The highest BCUT2D eigenvalue weighted by molar-refractivity contribution is 6.32. The van der Waals surface area contributed by atoms with Gasteiger partial charge in [0.1, 0.15) is 11.6 Å². The lowest BCUT2D eigenvalue weighted by molar-refractivity contribution is -0.141. The van der Waals surface area contributed by atoms with Gasteiger partial charge in [0, 0.05) is 45.5 Å². The van der Waals surface area contributed by atoms with Crippen molar-refractivity contribution in [2.24, 2.45) is 5.92 Å². The SMILES string of the molecule is O=C(CCOc1ccccc1)N1CCCC(C(=O)N2CCN(c3ncccc3Cl)CC2)C1. The van der Waals surface area contributed by atoms with Crippen molar-refractivity contribution in [3.8, 4) is 5.75 Å². The maximum atomic E-state index is 13.1. The minimum absolute atomic E-state index is 0.0491. The first-order valence-corrected chi connectivity index (χ1v) is 11.6. The maximum Gasteiger partial charge on any atom is 0.227 e. The second kappa shape index (κ2) is 10.7. The lowest BCUT2D eigenvalue weighted by atomic mass is 9.96. The molecule has 1 aromatic carbocycles. The molecule has 1 unspecified atom stereocenters. The summed E-state index contributed by atoms with van der Waals surface area (Å²) in [7, 11) is 0. The first-order valence-electron chi connectivity index (χ1n) is 11.2. The molecule has 2 aromatic rings. The number of nitrogens with zero attached hydrogens (tertiary/aromatic N) is 4. The summed E-state index contributed by atoms with van der Waals surface area (Å²) in [5, 5.41) is 0.630. The molecule has 2 aliphatic rings. The van der Waals surface area contributed by atoms with Gasteiger partial charge >= 0.3 is 0 Å². The fourth-order valence-corrected chi connectivity index (χ4v) is 4.58. The molecule has 2 fully saturated rings. The number of anilines is 1. The quantitative estimate of drug-likeness (QED) is 0.668. The van der Waals surface area contributed by atoms with Crippen LogP contribution in [0.2, 0.25) is 5.02 Å². The summed E-state index contributed by atoms with van der Waals surface area (Å²) in [6.07, 6.45) is 3.73. The van der Waals surface area contributed by atoms with Crippen molar-refractivity contribution in [3.05, 3.63) is 53.7 Å². The Morgan fingerprint density at radius 2 is 1.78 bits per heavy atom. The number of para-hydroxylation sites is 1. The van der Waals surface area contributed by atoms with Crippen LogP contribution < -0.4 is 9.64 Å². The molecule has 7 nitrogen and oxygen atoms in total. The smallest absolute Gasteiger partial charge is 0.227 e. The molecule has 32 heavy (non-hydrogen) atoms. The van der Waals surface area contributed by atoms with Crippen LogP contribution in [0.25, 0.3) is 0 Å². The van der Waals surface area contributed by atoms with Gasteiger partial charge in [-0.25, -0.2) is 4.98 Å². The van der Waals surface area contributed by atoms with Gasteiger partial charge in [0.25, 0.3) is 0 Å². The molecule has 8 heteroatoms. The van der Waals surface area contributed by atoms with Crippen molar-refractivity contribution >= 4 is 29.2 Å². The number of likely N-dealkylation sites (tertiary alicyclic amines) is 1. The van der Waals surface area contributed by atoms with E-state index in [2.05, 4.69) is 9.88 Å². The van der Waals surface area contributed by atoms with Crippen LogP contribution in [-0.4, -0.2) is 72.5 Å². The minimum Gasteiger partial charge on any atom is -0.493 e. The van der Waals surface area contributed by atoms with Crippen LogP contribution in [0, 0.1) is 5.92 Å². The molecular formula is C24H29ClN4O3. The van der Waals surface area contributed by atoms with Crippen molar-refractivity contribution in [1.29, 1.82) is 0 Å². The van der Waals surface area contributed by atoms with Gasteiger partial charge in [-0.3, -0.25) is 9.59 Å². The summed E-state index contributed by atoms with van der Waals surface area (Å²) in [6, 6.07) is 13.1. The van der Waals surface area contributed by atoms with Crippen LogP contribution in [0.1, 0.15) is 19.3 Å². The highest BCUT2D eigenvalue weighted by atomic mass is 35.5. The average molecular weight is 457 g/mol. The average Bonchev–Trinajstić information content (AvgIpc) is 2.85. The highest BCUT2D eigenvalue weighted by Gasteiger charge is 2.32. The van der Waals surface area contributed by atoms with Crippen molar-refractivity contribution in [2.45, 2.75) is 19.3 Å². The second-order valence-corrected chi connectivity index (χ2v) is 8.62. The number of hydrogen-bond acceptors (Lipinski definition) is 5. The first-order chi connectivity index (χ1) is 15.6. The molecule has 0 radical (unpaired) electrons. The van der Waals surface area contributed by atoms with Crippen LogP contribution in [-0.2, 0) is 9.59 Å². The number of piperidine rings is 1. The van der Waals surface area contributed by atoms with Crippen LogP contribution >= 0.6 is 11.6 Å². The Morgan fingerprint density at radius 3 is 2.53 bits per heavy atom. The van der Waals surface area contributed by atoms with Crippen LogP contribution in [0.5, 0.6) is 5.75 Å². The molecule has 170 valence electrons. The molecule has 0 aliphatic carbocycles. The van der Waals surface area contributed by atoms with Crippen LogP contribution in [0.15, 0.2) is 48.7 Å². The molecule has 2 aliphatic heterocycles. The third kappa shape index (κ3) is 5.51. The van der Waals surface area contributed by atoms with E-state index in [1.54, 1.807) is 6.20 Å². The predicted molar refractivity (Wildman–Crippen MR) is 124 cm³/mol. The Balaban J connectivity index is 1.24. The van der Waals surface area contributed by atoms with Gasteiger partial charge < -0.3 is 19.4 Å². The van der Waals surface area contributed by atoms with E-state index in [0.717, 1.165) is 24.4 Å². The van der Waals surface area contributed by atoms with Gasteiger partial charge in [0.05, 0.1) is 24.0 Å². The summed E-state index contributed by atoms with van der Waals surface area (Å²) in [6.45, 7) is 4.23. The summed E-state index contributed by atoms with van der Waals surface area (Å²) in [4.78, 5) is 36.0. The van der Waals surface area contributed by atoms with E-state index in [9.17, 15) is 9.59 Å². The van der Waals surface area contributed by atoms with E-state index in [-0.39, 0.29) is 17.7 Å². The third-order valence-corrected chi connectivity index (χ3v) is 6.38. The molecule has 1 atom stereocenters. The molecule has 4 rings (SSSR count). The number of carbonyl (C=O) groups is 2. The number of benzene rings is 1. The standard InChI is InChI=1S/C24H29ClN4O3/c25-21-9-4-11-26-23(21)27-13-15-28(16-14-27)24(31)19-6-5-12-29(18-19)22(30)10-17-32-20-7-2-1-3-8-20/h1-4,7-9,11,19H,5-6,10,12-18H2. The van der Waals surface area contributed by atoms with Crippen molar-refractivity contribution in [2.75, 3.05) is 50.8 Å². The van der Waals surface area contributed by atoms with Gasteiger partial charge in [-0.05, 0) is 37.1 Å². The van der Waals surface area contributed by atoms with E-state index in [4.69, 9.17) is 16.3 Å². The number of rotatable bonds is 6. The molecule has 1 aromatic heterocycles. The molecule has 2 amide bonds. The van der Waals surface area contributed by atoms with Crippen molar-refractivity contribution in [3.63, 3.8) is 0 Å². The number of pyridine rings is 1. The number of ether oxygens (including phenoxy) is 1. The Bertz CT molecular complexity index is 918. The number of aromatic nitrogens is 1. The lowest BCUT2D eigenvalue weighted by Crippen LogP contribution is -2.53. The zero-order valence-corrected chi connectivity index (χ0v) is 18.9. The number of amides is 2. The van der Waals surface area contributed by atoms with Crippen LogP contribution in [0.4, 0.5) is 5.82 Å². The monoisotopic (exact) mass is 456 g/mol. The van der Waals surface area contributed by atoms with Crippen molar-refractivity contribution < 1.29 is 14.3 Å². The Hall–Kier alpha value is -2.80. The number of piperazine rings is 1. The zero-order valence-electron chi connectivity index (χ0n) is 18.2. The number of carbonyl (C=O) groups excluding carboxylic acids is 2. The zero-order chi connectivity index (χ0) is 22.3. The number of hydrogen-bond donors (Lipinski definition) is 0. The van der Waals surface area contributed by atoms with E-state index in [1.165, 1.54) is 0 Å². The Morgan fingerprint density at radius 1 is 1.00 bits per heavy atom. The fourth-order valence-electron chi connectivity index (χ4n) is 4.34. The molecule has 0 saturated carbocycles. The van der Waals surface area contributed by atoms with Crippen molar-refractivity contribution in [1.82, 2.24) is 14.8 Å². The molecule has 0 spiro atoms. The molecule has 0 bridgehead atoms. The minimum atomic E-state index is -0.132. The Labute approximate surface area is 193 Å². The lowest BCUT2D eigenvalue weighted by Gasteiger charge is -2.39. The summed E-state index contributed by atoms with van der Waals surface area (Å²) in [5.41, 5.74) is 0. The van der Waals surface area contributed by atoms with Gasteiger partial charge in [-0.15, -0.1) is 0 Å². The first kappa shape index (κ1) is 22.4. The van der Waals surface area contributed by atoms with Gasteiger partial charge in [0.2, 0.25) is 11.8 Å². The normalized spacial score (nSPS) is 19.0. The molecule has 2 saturated heterocycles.